The molecule has 4 rings (SSSR count). The minimum Gasteiger partial charge on any atom is -0.392 e. The SMILES string of the molecule is OCc1ccccc1Sc1ccccc1CN1CCN(c2cccc(Cl)c2Cl)CC1. The van der Waals surface area contributed by atoms with E-state index in [1.54, 1.807) is 11.8 Å². The maximum Gasteiger partial charge on any atom is 0.0825 e. The van der Waals surface area contributed by atoms with E-state index in [0.717, 1.165) is 48.9 Å². The molecule has 3 nitrogen and oxygen atoms in total. The van der Waals surface area contributed by atoms with Gasteiger partial charge in [-0.25, -0.2) is 0 Å². The molecule has 0 aromatic heterocycles. The minimum atomic E-state index is 0.0549. The third-order valence-electron chi connectivity index (χ3n) is 5.37. The van der Waals surface area contributed by atoms with E-state index in [9.17, 15) is 5.11 Å². The summed E-state index contributed by atoms with van der Waals surface area (Å²) in [5.74, 6) is 0. The molecule has 0 amide bonds. The molecular formula is C24H24Cl2N2OS. The second-order valence-corrected chi connectivity index (χ2v) is 9.18. The van der Waals surface area contributed by atoms with Gasteiger partial charge in [-0.2, -0.15) is 0 Å². The van der Waals surface area contributed by atoms with E-state index in [2.05, 4.69) is 40.1 Å². The van der Waals surface area contributed by atoms with Gasteiger partial charge < -0.3 is 10.0 Å². The molecule has 30 heavy (non-hydrogen) atoms. The van der Waals surface area contributed by atoms with Crippen molar-refractivity contribution in [2.24, 2.45) is 0 Å². The number of benzene rings is 3. The fraction of sp³-hybridized carbons (Fsp3) is 0.250. The molecule has 0 radical (unpaired) electrons. The van der Waals surface area contributed by atoms with Gasteiger partial charge >= 0.3 is 0 Å². The monoisotopic (exact) mass is 458 g/mol. The average Bonchev–Trinajstić information content (AvgIpc) is 2.78. The highest BCUT2D eigenvalue weighted by Gasteiger charge is 2.20. The van der Waals surface area contributed by atoms with Crippen LogP contribution in [-0.4, -0.2) is 36.2 Å². The highest BCUT2D eigenvalue weighted by Crippen LogP contribution is 2.35. The predicted octanol–water partition coefficient (Wildman–Crippen LogP) is 5.96. The normalized spacial score (nSPS) is 14.8. The first-order valence-electron chi connectivity index (χ1n) is 10.0. The van der Waals surface area contributed by atoms with Gasteiger partial charge in [-0.05, 0) is 35.4 Å². The average molecular weight is 459 g/mol. The van der Waals surface area contributed by atoms with Gasteiger partial charge in [0.05, 0.1) is 22.3 Å². The van der Waals surface area contributed by atoms with Gasteiger partial charge in [0.15, 0.2) is 0 Å². The molecule has 1 aliphatic rings. The van der Waals surface area contributed by atoms with E-state index in [1.807, 2.05) is 36.4 Å². The summed E-state index contributed by atoms with van der Waals surface area (Å²) in [5, 5.41) is 10.9. The van der Waals surface area contributed by atoms with Crippen LogP contribution in [0, 0.1) is 0 Å². The number of piperazine rings is 1. The summed E-state index contributed by atoms with van der Waals surface area (Å²) in [6.07, 6.45) is 0. The lowest BCUT2D eigenvalue weighted by atomic mass is 10.2. The first kappa shape index (κ1) is 21.5. The number of hydrogen-bond donors (Lipinski definition) is 1. The zero-order chi connectivity index (χ0) is 20.9. The summed E-state index contributed by atoms with van der Waals surface area (Å²) in [6.45, 7) is 4.73. The zero-order valence-corrected chi connectivity index (χ0v) is 18.9. The first-order chi connectivity index (χ1) is 14.7. The maximum atomic E-state index is 9.64. The van der Waals surface area contributed by atoms with Crippen molar-refractivity contribution < 1.29 is 5.11 Å². The van der Waals surface area contributed by atoms with Crippen LogP contribution in [0.5, 0.6) is 0 Å². The van der Waals surface area contributed by atoms with Crippen molar-refractivity contribution in [3.8, 4) is 0 Å². The largest absolute Gasteiger partial charge is 0.392 e. The fourth-order valence-corrected chi connectivity index (χ4v) is 5.18. The van der Waals surface area contributed by atoms with E-state index in [4.69, 9.17) is 23.2 Å². The van der Waals surface area contributed by atoms with Crippen LogP contribution < -0.4 is 4.90 Å². The highest BCUT2D eigenvalue weighted by molar-refractivity contribution is 7.99. The standard InChI is InChI=1S/C24H24Cl2N2OS/c25-20-8-5-9-21(24(20)26)28-14-12-27(13-15-28)16-18-6-1-3-10-22(18)30-23-11-4-2-7-19(23)17-29/h1-11,29H,12-17H2. The van der Waals surface area contributed by atoms with Crippen LogP contribution in [-0.2, 0) is 13.2 Å². The number of hydrogen-bond acceptors (Lipinski definition) is 4. The van der Waals surface area contributed by atoms with Crippen LogP contribution in [0.25, 0.3) is 0 Å². The van der Waals surface area contributed by atoms with Gasteiger partial charge in [-0.3, -0.25) is 4.90 Å². The summed E-state index contributed by atoms with van der Waals surface area (Å²) in [4.78, 5) is 7.13. The van der Waals surface area contributed by atoms with E-state index < -0.39 is 0 Å². The molecule has 0 saturated carbocycles. The molecule has 0 unspecified atom stereocenters. The van der Waals surface area contributed by atoms with Crippen LogP contribution in [0.15, 0.2) is 76.5 Å². The van der Waals surface area contributed by atoms with Crippen molar-refractivity contribution >= 4 is 40.7 Å². The quantitative estimate of drug-likeness (QED) is 0.492. The molecule has 0 aliphatic carbocycles. The van der Waals surface area contributed by atoms with Crippen molar-refractivity contribution in [3.05, 3.63) is 87.9 Å². The number of nitrogens with zero attached hydrogens (tertiary/aromatic N) is 2. The van der Waals surface area contributed by atoms with Crippen LogP contribution in [0.2, 0.25) is 10.0 Å². The van der Waals surface area contributed by atoms with E-state index in [-0.39, 0.29) is 6.61 Å². The van der Waals surface area contributed by atoms with Crippen LogP contribution >= 0.6 is 35.0 Å². The number of anilines is 1. The second-order valence-electron chi connectivity index (χ2n) is 7.31. The maximum absolute atomic E-state index is 9.64. The van der Waals surface area contributed by atoms with Crippen LogP contribution in [0.1, 0.15) is 11.1 Å². The van der Waals surface area contributed by atoms with Gasteiger partial charge in [-0.1, -0.05) is 77.4 Å². The lowest BCUT2D eigenvalue weighted by molar-refractivity contribution is 0.248. The van der Waals surface area contributed by atoms with E-state index >= 15 is 0 Å². The smallest absolute Gasteiger partial charge is 0.0825 e. The Morgan fingerprint density at radius 3 is 2.10 bits per heavy atom. The Balaban J connectivity index is 1.43. The predicted molar refractivity (Wildman–Crippen MR) is 127 cm³/mol. The Morgan fingerprint density at radius 1 is 0.767 bits per heavy atom. The van der Waals surface area contributed by atoms with Crippen molar-refractivity contribution in [1.29, 1.82) is 0 Å². The molecule has 1 heterocycles. The molecule has 156 valence electrons. The van der Waals surface area contributed by atoms with Gasteiger partial charge in [0.2, 0.25) is 0 Å². The lowest BCUT2D eigenvalue weighted by Gasteiger charge is -2.36. The third kappa shape index (κ3) is 4.96. The number of halogens is 2. The second kappa shape index (κ2) is 10.1. The van der Waals surface area contributed by atoms with Crippen molar-refractivity contribution in [2.45, 2.75) is 22.9 Å². The molecular weight excluding hydrogens is 435 g/mol. The molecule has 1 fully saturated rings. The molecule has 3 aromatic carbocycles. The first-order valence-corrected chi connectivity index (χ1v) is 11.6. The third-order valence-corrected chi connectivity index (χ3v) is 7.42. The minimum absolute atomic E-state index is 0.0549. The van der Waals surface area contributed by atoms with E-state index in [0.29, 0.717) is 10.0 Å². The molecule has 6 heteroatoms. The fourth-order valence-electron chi connectivity index (χ4n) is 3.71. The number of rotatable bonds is 6. The number of aliphatic hydroxyl groups excluding tert-OH is 1. The molecule has 0 bridgehead atoms. The van der Waals surface area contributed by atoms with Gasteiger partial charge in [-0.15, -0.1) is 0 Å². The summed E-state index contributed by atoms with van der Waals surface area (Å²) >= 11 is 14.3. The Morgan fingerprint density at radius 2 is 1.40 bits per heavy atom. The summed E-state index contributed by atoms with van der Waals surface area (Å²) in [7, 11) is 0. The summed E-state index contributed by atoms with van der Waals surface area (Å²) in [5.41, 5.74) is 3.29. The Bertz CT molecular complexity index is 1010. The molecule has 1 aliphatic heterocycles. The van der Waals surface area contributed by atoms with Crippen molar-refractivity contribution in [3.63, 3.8) is 0 Å². The molecule has 1 N–H and O–H groups in total. The Labute approximate surface area is 192 Å². The van der Waals surface area contributed by atoms with Gasteiger partial charge in [0.1, 0.15) is 0 Å². The Kier molecular flexibility index (Phi) is 7.24. The summed E-state index contributed by atoms with van der Waals surface area (Å²) < 4.78 is 0. The van der Waals surface area contributed by atoms with Gasteiger partial charge in [0.25, 0.3) is 0 Å². The van der Waals surface area contributed by atoms with E-state index in [1.165, 1.54) is 10.5 Å². The van der Waals surface area contributed by atoms with Crippen LogP contribution in [0.3, 0.4) is 0 Å². The molecule has 3 aromatic rings. The van der Waals surface area contributed by atoms with Crippen LogP contribution in [0.4, 0.5) is 5.69 Å². The molecule has 0 spiro atoms. The Hall–Kier alpha value is -1.69. The molecule has 0 atom stereocenters. The van der Waals surface area contributed by atoms with Crippen molar-refractivity contribution in [2.75, 3.05) is 31.1 Å². The van der Waals surface area contributed by atoms with Gasteiger partial charge in [0, 0.05) is 42.5 Å². The highest BCUT2D eigenvalue weighted by atomic mass is 35.5. The lowest BCUT2D eigenvalue weighted by Crippen LogP contribution is -2.46. The summed E-state index contributed by atoms with van der Waals surface area (Å²) in [6, 6.07) is 22.4. The zero-order valence-electron chi connectivity index (χ0n) is 16.6. The van der Waals surface area contributed by atoms with Crippen molar-refractivity contribution in [1.82, 2.24) is 4.90 Å². The topological polar surface area (TPSA) is 26.7 Å². The molecule has 1 saturated heterocycles. The number of aliphatic hydroxyl groups is 1.